The average Bonchev–Trinajstić information content (AvgIpc) is 2.81. The molecule has 0 spiro atoms. The van der Waals surface area contributed by atoms with Crippen LogP contribution in [0.2, 0.25) is 5.02 Å². The summed E-state index contributed by atoms with van der Waals surface area (Å²) in [6, 6.07) is 4.20. The third-order valence-electron chi connectivity index (χ3n) is 3.78. The second-order valence-corrected chi connectivity index (χ2v) is 5.98. The third-order valence-corrected chi connectivity index (χ3v) is 4.06. The van der Waals surface area contributed by atoms with Gasteiger partial charge >= 0.3 is 0 Å². The molecule has 0 amide bonds. The van der Waals surface area contributed by atoms with Gasteiger partial charge in [-0.05, 0) is 31.4 Å². The summed E-state index contributed by atoms with van der Waals surface area (Å²) in [6.45, 7) is 3.29. The maximum absolute atomic E-state index is 8.97. The first-order chi connectivity index (χ1) is 10.7. The second-order valence-electron chi connectivity index (χ2n) is 5.57. The van der Waals surface area contributed by atoms with Crippen molar-refractivity contribution < 1.29 is 9.84 Å². The van der Waals surface area contributed by atoms with Crippen molar-refractivity contribution in [2.24, 2.45) is 0 Å². The Bertz CT molecular complexity index is 657. The minimum Gasteiger partial charge on any atom is -0.492 e. The second kappa shape index (κ2) is 6.58. The van der Waals surface area contributed by atoms with Crippen molar-refractivity contribution in [2.45, 2.75) is 32.4 Å². The molecule has 1 aromatic heterocycles. The molecule has 0 fully saturated rings. The first kappa shape index (κ1) is 15.2. The number of hydrogen-bond donors (Lipinski definition) is 2. The summed E-state index contributed by atoms with van der Waals surface area (Å²) in [5.41, 5.74) is 3.15. The van der Waals surface area contributed by atoms with E-state index in [1.807, 2.05) is 19.2 Å². The van der Waals surface area contributed by atoms with Gasteiger partial charge in [0.2, 0.25) is 0 Å². The number of nitrogens with zero attached hydrogens (tertiary/aromatic N) is 2. The maximum Gasteiger partial charge on any atom is 0.143 e. The van der Waals surface area contributed by atoms with Crippen LogP contribution in [-0.4, -0.2) is 28.1 Å². The van der Waals surface area contributed by atoms with E-state index in [0.717, 1.165) is 35.4 Å². The highest BCUT2D eigenvalue weighted by atomic mass is 35.5. The van der Waals surface area contributed by atoms with E-state index in [0.29, 0.717) is 18.2 Å². The number of benzene rings is 1. The van der Waals surface area contributed by atoms with E-state index in [1.54, 1.807) is 10.9 Å². The van der Waals surface area contributed by atoms with Crippen molar-refractivity contribution in [3.8, 4) is 5.75 Å². The smallest absolute Gasteiger partial charge is 0.143 e. The summed E-state index contributed by atoms with van der Waals surface area (Å²) in [5.74, 6) is 0.782. The molecule has 118 valence electrons. The predicted octanol–water partition coefficient (Wildman–Crippen LogP) is 3.16. The molecular weight excluding hydrogens is 302 g/mol. The lowest BCUT2D eigenvalue weighted by Gasteiger charge is -2.19. The Morgan fingerprint density at radius 3 is 3.18 bits per heavy atom. The zero-order valence-corrected chi connectivity index (χ0v) is 13.3. The number of fused-ring (bicyclic) bond motifs is 1. The molecule has 2 heterocycles. The quantitative estimate of drug-likeness (QED) is 0.908. The zero-order chi connectivity index (χ0) is 15.5. The van der Waals surface area contributed by atoms with Gasteiger partial charge in [0, 0.05) is 11.8 Å². The van der Waals surface area contributed by atoms with Crippen LogP contribution in [0.15, 0.2) is 24.5 Å². The van der Waals surface area contributed by atoms with Gasteiger partial charge in [-0.25, -0.2) is 0 Å². The molecule has 6 heteroatoms. The molecule has 0 saturated heterocycles. The van der Waals surface area contributed by atoms with Crippen molar-refractivity contribution in [1.29, 1.82) is 0 Å². The van der Waals surface area contributed by atoms with Crippen LogP contribution in [0.25, 0.3) is 0 Å². The van der Waals surface area contributed by atoms with Gasteiger partial charge in [-0.1, -0.05) is 17.7 Å². The topological polar surface area (TPSA) is 59.3 Å². The van der Waals surface area contributed by atoms with E-state index in [9.17, 15) is 0 Å². The van der Waals surface area contributed by atoms with E-state index < -0.39 is 0 Å². The number of ether oxygens (including phenoxy) is 1. The highest BCUT2D eigenvalue weighted by Crippen LogP contribution is 2.39. The van der Waals surface area contributed by atoms with Gasteiger partial charge in [0.05, 0.1) is 42.7 Å². The van der Waals surface area contributed by atoms with Crippen LogP contribution in [0.3, 0.4) is 0 Å². The summed E-state index contributed by atoms with van der Waals surface area (Å²) in [6.07, 6.45) is 5.61. The standard InChI is InChI=1S/C16H20ClN3O2/c1-11-7-13-15(3-2-6-22-16(13)14(17)8-11)19-12-9-18-20(10-12)4-5-21/h7-10,15,19,21H,2-6H2,1H3. The van der Waals surface area contributed by atoms with Gasteiger partial charge < -0.3 is 15.2 Å². The lowest BCUT2D eigenvalue weighted by Crippen LogP contribution is -2.10. The molecule has 1 atom stereocenters. The molecule has 1 aromatic carbocycles. The first-order valence-corrected chi connectivity index (χ1v) is 7.88. The highest BCUT2D eigenvalue weighted by Gasteiger charge is 2.22. The number of aliphatic hydroxyl groups is 1. The van der Waals surface area contributed by atoms with Crippen molar-refractivity contribution in [3.63, 3.8) is 0 Å². The molecule has 0 aliphatic carbocycles. The van der Waals surface area contributed by atoms with E-state index in [2.05, 4.69) is 16.5 Å². The molecule has 0 saturated carbocycles. The number of halogens is 1. The van der Waals surface area contributed by atoms with E-state index in [-0.39, 0.29) is 12.6 Å². The van der Waals surface area contributed by atoms with E-state index >= 15 is 0 Å². The van der Waals surface area contributed by atoms with Gasteiger partial charge in [-0.2, -0.15) is 5.10 Å². The molecular formula is C16H20ClN3O2. The van der Waals surface area contributed by atoms with Crippen LogP contribution in [0.4, 0.5) is 5.69 Å². The molecule has 1 unspecified atom stereocenters. The molecule has 1 aliphatic rings. The van der Waals surface area contributed by atoms with Gasteiger partial charge in [0.15, 0.2) is 0 Å². The summed E-state index contributed by atoms with van der Waals surface area (Å²) >= 11 is 6.34. The van der Waals surface area contributed by atoms with Gasteiger partial charge in [0.25, 0.3) is 0 Å². The monoisotopic (exact) mass is 321 g/mol. The van der Waals surface area contributed by atoms with Gasteiger partial charge in [0.1, 0.15) is 5.75 Å². The van der Waals surface area contributed by atoms with Crippen LogP contribution < -0.4 is 10.1 Å². The Labute approximate surface area is 134 Å². The van der Waals surface area contributed by atoms with Gasteiger partial charge in [-0.3, -0.25) is 4.68 Å². The molecule has 2 N–H and O–H groups in total. The fourth-order valence-corrected chi connectivity index (χ4v) is 3.13. The molecule has 22 heavy (non-hydrogen) atoms. The molecule has 2 aromatic rings. The Kier molecular flexibility index (Phi) is 4.55. The number of anilines is 1. The SMILES string of the molecule is Cc1cc(Cl)c2c(c1)C(Nc1cnn(CCO)c1)CCCO2. The normalized spacial score (nSPS) is 17.5. The molecule has 0 radical (unpaired) electrons. The van der Waals surface area contributed by atoms with E-state index in [4.69, 9.17) is 21.4 Å². The lowest BCUT2D eigenvalue weighted by atomic mass is 10.00. The Hall–Kier alpha value is -1.72. The Morgan fingerprint density at radius 2 is 2.36 bits per heavy atom. The van der Waals surface area contributed by atoms with Crippen molar-refractivity contribution >= 4 is 17.3 Å². The molecule has 3 rings (SSSR count). The maximum atomic E-state index is 8.97. The van der Waals surface area contributed by atoms with Crippen LogP contribution in [-0.2, 0) is 6.54 Å². The zero-order valence-electron chi connectivity index (χ0n) is 12.6. The van der Waals surface area contributed by atoms with E-state index in [1.165, 1.54) is 0 Å². The number of aromatic nitrogens is 2. The predicted molar refractivity (Wildman–Crippen MR) is 86.6 cm³/mol. The Balaban J connectivity index is 1.87. The van der Waals surface area contributed by atoms with Crippen molar-refractivity contribution in [2.75, 3.05) is 18.5 Å². The summed E-state index contributed by atoms with van der Waals surface area (Å²) < 4.78 is 7.54. The van der Waals surface area contributed by atoms with Crippen LogP contribution in [0.5, 0.6) is 5.75 Å². The number of aryl methyl sites for hydroxylation is 1. The average molecular weight is 322 g/mol. The number of nitrogens with one attached hydrogen (secondary N) is 1. The van der Waals surface area contributed by atoms with Crippen LogP contribution in [0, 0.1) is 6.92 Å². The summed E-state index contributed by atoms with van der Waals surface area (Å²) in [7, 11) is 0. The Morgan fingerprint density at radius 1 is 1.50 bits per heavy atom. The van der Waals surface area contributed by atoms with Crippen molar-refractivity contribution in [1.82, 2.24) is 9.78 Å². The third kappa shape index (κ3) is 3.20. The van der Waals surface area contributed by atoms with Gasteiger partial charge in [-0.15, -0.1) is 0 Å². The minimum atomic E-state index is 0.0794. The van der Waals surface area contributed by atoms with Crippen molar-refractivity contribution in [3.05, 3.63) is 40.7 Å². The highest BCUT2D eigenvalue weighted by molar-refractivity contribution is 6.32. The lowest BCUT2D eigenvalue weighted by molar-refractivity contribution is 0.269. The summed E-state index contributed by atoms with van der Waals surface area (Å²) in [5, 5.41) is 17.4. The fourth-order valence-electron chi connectivity index (χ4n) is 2.80. The number of aliphatic hydroxyl groups excluding tert-OH is 1. The first-order valence-electron chi connectivity index (χ1n) is 7.50. The molecule has 1 aliphatic heterocycles. The van der Waals surface area contributed by atoms with Crippen LogP contribution in [0.1, 0.15) is 30.0 Å². The number of rotatable bonds is 4. The number of hydrogen-bond acceptors (Lipinski definition) is 4. The fraction of sp³-hybridized carbons (Fsp3) is 0.438. The minimum absolute atomic E-state index is 0.0794. The summed E-state index contributed by atoms with van der Waals surface area (Å²) in [4.78, 5) is 0. The largest absolute Gasteiger partial charge is 0.492 e. The van der Waals surface area contributed by atoms with Crippen LogP contribution >= 0.6 is 11.6 Å². The molecule has 5 nitrogen and oxygen atoms in total. The molecule has 0 bridgehead atoms.